The number of rotatable bonds is 5. The number of benzene rings is 1. The van der Waals surface area contributed by atoms with Crippen LogP contribution < -0.4 is 0 Å². The predicted octanol–water partition coefficient (Wildman–Crippen LogP) is 4.14. The molecular formula is C16H22O2. The summed E-state index contributed by atoms with van der Waals surface area (Å²) in [4.78, 5) is 24.0. The molecule has 0 heterocycles. The van der Waals surface area contributed by atoms with Crippen molar-refractivity contribution in [2.24, 2.45) is 11.3 Å². The molecule has 0 atom stereocenters. The van der Waals surface area contributed by atoms with Crippen molar-refractivity contribution in [3.63, 3.8) is 0 Å². The van der Waals surface area contributed by atoms with Crippen molar-refractivity contribution in [2.75, 3.05) is 0 Å². The highest BCUT2D eigenvalue weighted by Gasteiger charge is 2.26. The summed E-state index contributed by atoms with van der Waals surface area (Å²) >= 11 is 0. The van der Waals surface area contributed by atoms with E-state index in [1.165, 1.54) is 0 Å². The van der Waals surface area contributed by atoms with Gasteiger partial charge in [0.2, 0.25) is 0 Å². The van der Waals surface area contributed by atoms with E-state index in [1.807, 2.05) is 34.6 Å². The number of Topliss-reactive ketones (excluding diaryl/α,β-unsaturated/α-hetero) is 2. The average molecular weight is 246 g/mol. The number of carbonyl (C=O) groups excluding carboxylic acids is 2. The molecule has 1 aromatic rings. The molecule has 0 fully saturated rings. The molecule has 0 aromatic heterocycles. The predicted molar refractivity (Wildman–Crippen MR) is 74.0 cm³/mol. The first-order valence-electron chi connectivity index (χ1n) is 6.48. The molecule has 0 aliphatic heterocycles. The van der Waals surface area contributed by atoms with Crippen molar-refractivity contribution in [3.05, 3.63) is 35.4 Å². The van der Waals surface area contributed by atoms with Gasteiger partial charge in [0, 0.05) is 22.5 Å². The number of hydrogen-bond acceptors (Lipinski definition) is 2. The molecule has 0 amide bonds. The van der Waals surface area contributed by atoms with E-state index < -0.39 is 0 Å². The fourth-order valence-electron chi connectivity index (χ4n) is 1.67. The molecule has 0 bridgehead atoms. The second-order valence-electron chi connectivity index (χ2n) is 5.66. The van der Waals surface area contributed by atoms with Crippen molar-refractivity contribution in [1.82, 2.24) is 0 Å². The van der Waals surface area contributed by atoms with Crippen LogP contribution >= 0.6 is 0 Å². The van der Waals surface area contributed by atoms with Gasteiger partial charge in [0.15, 0.2) is 11.6 Å². The highest BCUT2D eigenvalue weighted by atomic mass is 16.1. The van der Waals surface area contributed by atoms with Crippen LogP contribution in [-0.2, 0) is 0 Å². The Hall–Kier alpha value is -1.44. The maximum absolute atomic E-state index is 12.2. The molecule has 0 aliphatic carbocycles. The zero-order valence-corrected chi connectivity index (χ0v) is 11.9. The highest BCUT2D eigenvalue weighted by molar-refractivity contribution is 6.02. The third-order valence-corrected chi connectivity index (χ3v) is 3.45. The zero-order valence-electron chi connectivity index (χ0n) is 11.9. The molecule has 2 heteroatoms. The first kappa shape index (κ1) is 14.6. The van der Waals surface area contributed by atoms with E-state index in [0.29, 0.717) is 11.1 Å². The summed E-state index contributed by atoms with van der Waals surface area (Å²) in [5, 5.41) is 0. The average Bonchev–Trinajstić information content (AvgIpc) is 2.37. The van der Waals surface area contributed by atoms with Crippen molar-refractivity contribution in [3.8, 4) is 0 Å². The van der Waals surface area contributed by atoms with Crippen LogP contribution in [0.3, 0.4) is 0 Å². The number of hydrogen-bond donors (Lipinski definition) is 0. The third-order valence-electron chi connectivity index (χ3n) is 3.45. The minimum Gasteiger partial charge on any atom is -0.294 e. The molecule has 0 N–H and O–H groups in total. The lowest BCUT2D eigenvalue weighted by atomic mass is 9.82. The molecule has 0 saturated heterocycles. The Labute approximate surface area is 109 Å². The van der Waals surface area contributed by atoms with E-state index in [2.05, 4.69) is 0 Å². The van der Waals surface area contributed by atoms with Crippen molar-refractivity contribution >= 4 is 11.6 Å². The Kier molecular flexibility index (Phi) is 4.44. The summed E-state index contributed by atoms with van der Waals surface area (Å²) in [6, 6.07) is 7.02. The highest BCUT2D eigenvalue weighted by Crippen LogP contribution is 2.25. The van der Waals surface area contributed by atoms with Gasteiger partial charge in [-0.25, -0.2) is 0 Å². The maximum atomic E-state index is 12.2. The van der Waals surface area contributed by atoms with Gasteiger partial charge in [0.05, 0.1) is 0 Å². The molecule has 0 saturated carbocycles. The standard InChI is InChI=1S/C16H22O2/c1-6-16(4,5)15(18)13-9-7-12(8-10-13)14(17)11(2)3/h7-11H,6H2,1-5H3. The Morgan fingerprint density at radius 2 is 1.50 bits per heavy atom. The van der Waals surface area contributed by atoms with Crippen molar-refractivity contribution in [2.45, 2.75) is 41.0 Å². The fourth-order valence-corrected chi connectivity index (χ4v) is 1.67. The van der Waals surface area contributed by atoms with Crippen molar-refractivity contribution < 1.29 is 9.59 Å². The van der Waals surface area contributed by atoms with Gasteiger partial charge in [0.1, 0.15) is 0 Å². The maximum Gasteiger partial charge on any atom is 0.168 e. The lowest BCUT2D eigenvalue weighted by molar-refractivity contribution is 0.0832. The summed E-state index contributed by atoms with van der Waals surface area (Å²) < 4.78 is 0. The summed E-state index contributed by atoms with van der Waals surface area (Å²) in [5.41, 5.74) is 1.02. The van der Waals surface area contributed by atoms with Crippen LogP contribution in [0.15, 0.2) is 24.3 Å². The van der Waals surface area contributed by atoms with Crippen LogP contribution in [0.2, 0.25) is 0 Å². The molecule has 0 spiro atoms. The second-order valence-corrected chi connectivity index (χ2v) is 5.66. The summed E-state index contributed by atoms with van der Waals surface area (Å²) in [5.74, 6) is 0.232. The van der Waals surface area contributed by atoms with Gasteiger partial charge in [-0.1, -0.05) is 58.9 Å². The fraction of sp³-hybridized carbons (Fsp3) is 0.500. The molecule has 0 unspecified atom stereocenters. The number of carbonyl (C=O) groups is 2. The van der Waals surface area contributed by atoms with Crippen molar-refractivity contribution in [1.29, 1.82) is 0 Å². The van der Waals surface area contributed by atoms with Crippen LogP contribution in [0, 0.1) is 11.3 Å². The lowest BCUT2D eigenvalue weighted by Gasteiger charge is -2.20. The van der Waals surface area contributed by atoms with Crippen LogP contribution in [0.25, 0.3) is 0 Å². The van der Waals surface area contributed by atoms with E-state index >= 15 is 0 Å². The van der Waals surface area contributed by atoms with Gasteiger partial charge in [-0.15, -0.1) is 0 Å². The van der Waals surface area contributed by atoms with Crippen LogP contribution in [0.4, 0.5) is 0 Å². The Morgan fingerprint density at radius 1 is 1.06 bits per heavy atom. The van der Waals surface area contributed by atoms with Crippen LogP contribution in [0.5, 0.6) is 0 Å². The van der Waals surface area contributed by atoms with Crippen LogP contribution in [-0.4, -0.2) is 11.6 Å². The molecule has 1 aromatic carbocycles. The van der Waals surface area contributed by atoms with E-state index in [9.17, 15) is 9.59 Å². The molecular weight excluding hydrogens is 224 g/mol. The minimum atomic E-state index is -0.344. The molecule has 0 radical (unpaired) electrons. The summed E-state index contributed by atoms with van der Waals surface area (Å²) in [7, 11) is 0. The third kappa shape index (κ3) is 3.06. The first-order chi connectivity index (χ1) is 8.29. The largest absolute Gasteiger partial charge is 0.294 e. The topological polar surface area (TPSA) is 34.1 Å². The van der Waals surface area contributed by atoms with Gasteiger partial charge in [-0.05, 0) is 6.42 Å². The van der Waals surface area contributed by atoms with E-state index in [-0.39, 0.29) is 22.9 Å². The second kappa shape index (κ2) is 5.47. The monoisotopic (exact) mass is 246 g/mol. The van der Waals surface area contributed by atoms with E-state index in [0.717, 1.165) is 6.42 Å². The minimum absolute atomic E-state index is 0.0152. The molecule has 1 rings (SSSR count). The quantitative estimate of drug-likeness (QED) is 0.731. The Bertz CT molecular complexity index is 439. The van der Waals surface area contributed by atoms with Gasteiger partial charge >= 0.3 is 0 Å². The molecule has 2 nitrogen and oxygen atoms in total. The normalized spacial score (nSPS) is 11.7. The molecule has 98 valence electrons. The van der Waals surface area contributed by atoms with Gasteiger partial charge in [-0.2, -0.15) is 0 Å². The Balaban J connectivity index is 2.97. The SMILES string of the molecule is CCC(C)(C)C(=O)c1ccc(C(=O)C(C)C)cc1. The van der Waals surface area contributed by atoms with Crippen LogP contribution in [0.1, 0.15) is 61.8 Å². The lowest BCUT2D eigenvalue weighted by Crippen LogP contribution is -2.23. The first-order valence-corrected chi connectivity index (χ1v) is 6.48. The summed E-state index contributed by atoms with van der Waals surface area (Å²) in [6.07, 6.45) is 0.804. The summed E-state index contributed by atoms with van der Waals surface area (Å²) in [6.45, 7) is 9.66. The van der Waals surface area contributed by atoms with Gasteiger partial charge < -0.3 is 0 Å². The Morgan fingerprint density at radius 3 is 1.89 bits per heavy atom. The number of ketones is 2. The molecule has 18 heavy (non-hydrogen) atoms. The van der Waals surface area contributed by atoms with E-state index in [4.69, 9.17) is 0 Å². The van der Waals surface area contributed by atoms with Gasteiger partial charge in [-0.3, -0.25) is 9.59 Å². The van der Waals surface area contributed by atoms with Gasteiger partial charge in [0.25, 0.3) is 0 Å². The molecule has 0 aliphatic rings. The zero-order chi connectivity index (χ0) is 13.9. The smallest absolute Gasteiger partial charge is 0.168 e. The van der Waals surface area contributed by atoms with E-state index in [1.54, 1.807) is 24.3 Å².